The summed E-state index contributed by atoms with van der Waals surface area (Å²) in [7, 11) is -0.355. The SMILES string of the molecule is CC(=O)Nc1nc(C)c(S(=O)(=O)N(C)c2ccc3c(c2)nc(C(C)(C)C)n3CC2CCCCC2)s1.CNc1ccc2c(c1)nc(C(C)(C)C)n2CC1CCCCC1. The average Bonchev–Trinajstić information content (AvgIpc) is 3.84. The van der Waals surface area contributed by atoms with Gasteiger partial charge in [0.2, 0.25) is 5.91 Å². The molecule has 3 heterocycles. The first kappa shape index (κ1) is 42.6. The Bertz CT molecular complexity index is 2300. The van der Waals surface area contributed by atoms with Gasteiger partial charge in [0.1, 0.15) is 11.6 Å². The fourth-order valence-corrected chi connectivity index (χ4v) is 11.3. The number of sulfonamides is 1. The highest BCUT2D eigenvalue weighted by Crippen LogP contribution is 2.36. The summed E-state index contributed by atoms with van der Waals surface area (Å²) in [6.45, 7) is 18.4. The molecule has 0 atom stereocenters. The summed E-state index contributed by atoms with van der Waals surface area (Å²) in [6, 6.07) is 12.2. The Kier molecular flexibility index (Phi) is 12.8. The van der Waals surface area contributed by atoms with Gasteiger partial charge in [-0.15, -0.1) is 0 Å². The molecule has 0 unspecified atom stereocenters. The van der Waals surface area contributed by atoms with Crippen molar-refractivity contribution in [1.82, 2.24) is 24.1 Å². The van der Waals surface area contributed by atoms with Gasteiger partial charge in [-0.1, -0.05) is 91.4 Å². The van der Waals surface area contributed by atoms with Gasteiger partial charge >= 0.3 is 0 Å². The molecule has 2 N–H and O–H groups in total. The number of amides is 1. The monoisotopic (exact) mass is 816 g/mol. The molecule has 57 heavy (non-hydrogen) atoms. The van der Waals surface area contributed by atoms with Gasteiger partial charge in [-0.05, 0) is 80.8 Å². The minimum atomic E-state index is -3.86. The van der Waals surface area contributed by atoms with Crippen LogP contribution in [0.5, 0.6) is 0 Å². The molecule has 2 aromatic carbocycles. The molecule has 0 radical (unpaired) electrons. The maximum absolute atomic E-state index is 13.4. The van der Waals surface area contributed by atoms with Crippen LogP contribution in [0.2, 0.25) is 0 Å². The van der Waals surface area contributed by atoms with Crippen LogP contribution in [0.25, 0.3) is 22.1 Å². The van der Waals surface area contributed by atoms with Gasteiger partial charge in [-0.25, -0.2) is 23.4 Å². The Morgan fingerprint density at radius 1 is 0.789 bits per heavy atom. The molecular formula is C44H64N8O3S2. The second-order valence-corrected chi connectivity index (χ2v) is 21.4. The number of rotatable bonds is 9. The summed E-state index contributed by atoms with van der Waals surface area (Å²) in [5.41, 5.74) is 6.21. The van der Waals surface area contributed by atoms with Crippen molar-refractivity contribution in [3.63, 3.8) is 0 Å². The van der Waals surface area contributed by atoms with Crippen molar-refractivity contribution in [1.29, 1.82) is 0 Å². The van der Waals surface area contributed by atoms with Gasteiger partial charge in [0.25, 0.3) is 10.0 Å². The number of thiazole rings is 1. The van der Waals surface area contributed by atoms with Gasteiger partial charge in [-0.2, -0.15) is 0 Å². The molecule has 0 aliphatic heterocycles. The molecule has 0 spiro atoms. The number of aryl methyl sites for hydroxylation is 1. The highest BCUT2D eigenvalue weighted by atomic mass is 32.2. The first-order valence-corrected chi connectivity index (χ1v) is 23.1. The summed E-state index contributed by atoms with van der Waals surface area (Å²) in [4.78, 5) is 25.5. The van der Waals surface area contributed by atoms with E-state index in [1.54, 1.807) is 6.92 Å². The van der Waals surface area contributed by atoms with Crippen LogP contribution in [0, 0.1) is 18.8 Å². The van der Waals surface area contributed by atoms with Crippen molar-refractivity contribution in [3.05, 3.63) is 53.7 Å². The zero-order valence-corrected chi connectivity index (χ0v) is 37.5. The smallest absolute Gasteiger partial charge is 0.275 e. The number of hydrogen-bond acceptors (Lipinski definition) is 8. The van der Waals surface area contributed by atoms with Crippen LogP contribution >= 0.6 is 11.3 Å². The molecule has 3 aromatic heterocycles. The molecule has 2 saturated carbocycles. The summed E-state index contributed by atoms with van der Waals surface area (Å²) >= 11 is 0.958. The number of aromatic nitrogens is 5. The number of anilines is 3. The van der Waals surface area contributed by atoms with E-state index in [9.17, 15) is 13.2 Å². The Labute approximate surface area is 344 Å². The van der Waals surface area contributed by atoms with E-state index in [0.717, 1.165) is 58.4 Å². The van der Waals surface area contributed by atoms with E-state index in [4.69, 9.17) is 9.97 Å². The topological polar surface area (TPSA) is 127 Å². The molecule has 1 amide bonds. The fraction of sp³-hybridized carbons (Fsp3) is 0.591. The maximum Gasteiger partial charge on any atom is 0.275 e. The minimum absolute atomic E-state index is 0.0769. The van der Waals surface area contributed by atoms with E-state index >= 15 is 0 Å². The summed E-state index contributed by atoms with van der Waals surface area (Å²) in [6.07, 6.45) is 13.3. The molecule has 2 aliphatic carbocycles. The normalized spacial score (nSPS) is 16.1. The molecule has 2 fully saturated rings. The first-order valence-electron chi connectivity index (χ1n) is 20.8. The van der Waals surface area contributed by atoms with Crippen LogP contribution in [-0.4, -0.2) is 52.5 Å². The lowest BCUT2D eigenvalue weighted by Crippen LogP contribution is -2.26. The molecule has 2 aliphatic rings. The lowest BCUT2D eigenvalue weighted by molar-refractivity contribution is -0.114. The molecule has 7 rings (SSSR count). The second-order valence-electron chi connectivity index (χ2n) is 18.3. The Hall–Kier alpha value is -3.97. The van der Waals surface area contributed by atoms with Crippen LogP contribution < -0.4 is 14.9 Å². The second kappa shape index (κ2) is 17.1. The van der Waals surface area contributed by atoms with Crippen LogP contribution in [0.1, 0.15) is 130 Å². The predicted molar refractivity (Wildman–Crippen MR) is 236 cm³/mol. The molecule has 310 valence electrons. The van der Waals surface area contributed by atoms with Crippen molar-refractivity contribution < 1.29 is 13.2 Å². The number of imidazole rings is 2. The lowest BCUT2D eigenvalue weighted by atomic mass is 9.88. The Morgan fingerprint density at radius 3 is 1.75 bits per heavy atom. The van der Waals surface area contributed by atoms with Crippen LogP contribution in [0.15, 0.2) is 40.6 Å². The van der Waals surface area contributed by atoms with Gasteiger partial charge in [0.05, 0.1) is 33.4 Å². The number of fused-ring (bicyclic) bond motifs is 2. The number of hydrogen-bond donors (Lipinski definition) is 2. The third-order valence-electron chi connectivity index (χ3n) is 11.4. The highest BCUT2D eigenvalue weighted by Gasteiger charge is 2.30. The van der Waals surface area contributed by atoms with Crippen molar-refractivity contribution >= 4 is 65.8 Å². The van der Waals surface area contributed by atoms with Crippen molar-refractivity contribution in [2.24, 2.45) is 11.8 Å². The molecule has 5 aromatic rings. The van der Waals surface area contributed by atoms with E-state index in [1.807, 2.05) is 25.2 Å². The molecule has 13 heteroatoms. The maximum atomic E-state index is 13.4. The van der Waals surface area contributed by atoms with Crippen LogP contribution in [0.3, 0.4) is 0 Å². The summed E-state index contributed by atoms with van der Waals surface area (Å²) < 4.78 is 33.1. The predicted octanol–water partition coefficient (Wildman–Crippen LogP) is 10.4. The molecule has 11 nitrogen and oxygen atoms in total. The van der Waals surface area contributed by atoms with E-state index in [0.29, 0.717) is 17.3 Å². The molecule has 0 saturated heterocycles. The first-order chi connectivity index (χ1) is 26.9. The Morgan fingerprint density at radius 2 is 1.28 bits per heavy atom. The fourth-order valence-electron chi connectivity index (χ4n) is 8.46. The number of carbonyl (C=O) groups excluding carboxylic acids is 1. The molecule has 0 bridgehead atoms. The lowest BCUT2D eigenvalue weighted by Gasteiger charge is -2.26. The number of benzene rings is 2. The van der Waals surface area contributed by atoms with Gasteiger partial charge < -0.3 is 19.8 Å². The van der Waals surface area contributed by atoms with Gasteiger partial charge in [-0.3, -0.25) is 9.10 Å². The van der Waals surface area contributed by atoms with Gasteiger partial charge in [0, 0.05) is 50.6 Å². The largest absolute Gasteiger partial charge is 0.388 e. The third kappa shape index (κ3) is 9.67. The number of nitrogens with zero attached hydrogens (tertiary/aromatic N) is 6. The van der Waals surface area contributed by atoms with E-state index in [-0.39, 0.29) is 26.1 Å². The Balaban J connectivity index is 0.000000214. The van der Waals surface area contributed by atoms with E-state index < -0.39 is 10.0 Å². The quantitative estimate of drug-likeness (QED) is 0.152. The van der Waals surface area contributed by atoms with Gasteiger partial charge in [0.15, 0.2) is 9.34 Å². The van der Waals surface area contributed by atoms with Crippen molar-refractivity contribution in [2.75, 3.05) is 29.0 Å². The number of carbonyl (C=O) groups is 1. The van der Waals surface area contributed by atoms with Crippen LogP contribution in [0.4, 0.5) is 16.5 Å². The highest BCUT2D eigenvalue weighted by molar-refractivity contribution is 7.94. The van der Waals surface area contributed by atoms with E-state index in [2.05, 4.69) is 84.5 Å². The molecular weight excluding hydrogens is 753 g/mol. The zero-order chi connectivity index (χ0) is 41.3. The summed E-state index contributed by atoms with van der Waals surface area (Å²) in [5.74, 6) is 3.42. The van der Waals surface area contributed by atoms with Crippen LogP contribution in [-0.2, 0) is 38.7 Å². The zero-order valence-electron chi connectivity index (χ0n) is 35.8. The van der Waals surface area contributed by atoms with Crippen molar-refractivity contribution in [2.45, 2.75) is 148 Å². The number of nitrogens with one attached hydrogen (secondary N) is 2. The summed E-state index contributed by atoms with van der Waals surface area (Å²) in [5, 5.41) is 6.06. The van der Waals surface area contributed by atoms with E-state index in [1.165, 1.54) is 93.8 Å². The minimum Gasteiger partial charge on any atom is -0.388 e. The third-order valence-corrected chi connectivity index (χ3v) is 14.9. The van der Waals surface area contributed by atoms with Crippen molar-refractivity contribution in [3.8, 4) is 0 Å². The standard InChI is InChI=1S/C25H35N5O3S2.C19H29N3/c1-16-22(34-24(26-16)27-17(2)31)35(32,33)29(6)19-12-13-21-20(14-19)28-23(25(3,4)5)30(21)15-18-10-8-7-9-11-18;1-19(2,3)18-21-16-12-15(20-4)10-11-17(16)22(18)13-14-8-6-5-7-9-14/h12-14,18H,7-11,15H2,1-6H3,(H,26,27,31);10-12,14,20H,5-9,13H2,1-4H3. The average molecular weight is 817 g/mol.